The molecule has 0 saturated heterocycles. The Morgan fingerprint density at radius 2 is 1.35 bits per heavy atom. The molecule has 0 aliphatic carbocycles. The van der Waals surface area contributed by atoms with E-state index >= 15 is 0 Å². The summed E-state index contributed by atoms with van der Waals surface area (Å²) >= 11 is 0. The van der Waals surface area contributed by atoms with Crippen molar-refractivity contribution in [2.45, 2.75) is 83.6 Å². The molecule has 0 fully saturated rings. The van der Waals surface area contributed by atoms with Gasteiger partial charge in [0.2, 0.25) is 0 Å². The summed E-state index contributed by atoms with van der Waals surface area (Å²) in [5, 5.41) is 0. The summed E-state index contributed by atoms with van der Waals surface area (Å²) in [6.45, 7) is 3.12. The van der Waals surface area contributed by atoms with Gasteiger partial charge in [-0.2, -0.15) is 0 Å². The van der Waals surface area contributed by atoms with Crippen molar-refractivity contribution in [2.75, 3.05) is 13.7 Å². The highest BCUT2D eigenvalue weighted by molar-refractivity contribution is 4.61. The molecule has 0 spiro atoms. The van der Waals surface area contributed by atoms with Gasteiger partial charge >= 0.3 is 0 Å². The Morgan fingerprint density at radius 3 is 1.94 bits per heavy atom. The van der Waals surface area contributed by atoms with Gasteiger partial charge in [0.25, 0.3) is 0 Å². The number of rotatable bonds is 13. The van der Waals surface area contributed by atoms with Crippen LogP contribution in [0.25, 0.3) is 0 Å². The van der Waals surface area contributed by atoms with Crippen LogP contribution in [0.1, 0.15) is 77.6 Å². The molecule has 0 heterocycles. The molecule has 2 N–H and O–H groups in total. The molecular formula is C15H33NO. The molecule has 0 rings (SSSR count). The van der Waals surface area contributed by atoms with Gasteiger partial charge in [-0.05, 0) is 19.3 Å². The van der Waals surface area contributed by atoms with E-state index in [1.54, 1.807) is 7.11 Å². The first-order valence-corrected chi connectivity index (χ1v) is 7.55. The quantitative estimate of drug-likeness (QED) is 0.490. The summed E-state index contributed by atoms with van der Waals surface area (Å²) in [5.41, 5.74) is 6.04. The molecule has 0 aliphatic rings. The fraction of sp³-hybridized carbons (Fsp3) is 1.00. The van der Waals surface area contributed by atoms with Gasteiger partial charge in [0.1, 0.15) is 0 Å². The maximum atomic E-state index is 6.04. The molecule has 2 heteroatoms. The van der Waals surface area contributed by atoms with E-state index in [4.69, 9.17) is 10.5 Å². The summed E-state index contributed by atoms with van der Waals surface area (Å²) < 4.78 is 5.03. The summed E-state index contributed by atoms with van der Waals surface area (Å²) in [4.78, 5) is 0. The SMILES string of the molecule is CCCCCCCCCCC(N)CCCOC. The monoisotopic (exact) mass is 243 g/mol. The van der Waals surface area contributed by atoms with Gasteiger partial charge in [-0.1, -0.05) is 58.3 Å². The van der Waals surface area contributed by atoms with Crippen LogP contribution in [0.3, 0.4) is 0 Å². The van der Waals surface area contributed by atoms with Crippen LogP contribution in [0, 0.1) is 0 Å². The fourth-order valence-corrected chi connectivity index (χ4v) is 2.17. The van der Waals surface area contributed by atoms with E-state index < -0.39 is 0 Å². The van der Waals surface area contributed by atoms with Gasteiger partial charge in [0.15, 0.2) is 0 Å². The van der Waals surface area contributed by atoms with E-state index in [0.717, 1.165) is 19.4 Å². The van der Waals surface area contributed by atoms with Crippen molar-refractivity contribution in [1.82, 2.24) is 0 Å². The van der Waals surface area contributed by atoms with Crippen molar-refractivity contribution in [3.63, 3.8) is 0 Å². The van der Waals surface area contributed by atoms with Crippen molar-refractivity contribution < 1.29 is 4.74 Å². The Balaban J connectivity index is 3.05. The first-order chi connectivity index (χ1) is 8.31. The lowest BCUT2D eigenvalue weighted by molar-refractivity contribution is 0.190. The Kier molecular flexibility index (Phi) is 13.9. The van der Waals surface area contributed by atoms with Crippen molar-refractivity contribution in [2.24, 2.45) is 5.73 Å². The predicted octanol–water partition coefficient (Wildman–Crippen LogP) is 4.27. The molecule has 0 aliphatic heterocycles. The van der Waals surface area contributed by atoms with E-state index in [-0.39, 0.29) is 0 Å². The number of hydrogen-bond donors (Lipinski definition) is 1. The second kappa shape index (κ2) is 14.0. The third-order valence-corrected chi connectivity index (χ3v) is 3.35. The fourth-order valence-electron chi connectivity index (χ4n) is 2.17. The smallest absolute Gasteiger partial charge is 0.0462 e. The van der Waals surface area contributed by atoms with Gasteiger partial charge in [-0.3, -0.25) is 0 Å². The van der Waals surface area contributed by atoms with Gasteiger partial charge < -0.3 is 10.5 Å². The largest absolute Gasteiger partial charge is 0.385 e. The Morgan fingerprint density at radius 1 is 0.824 bits per heavy atom. The van der Waals surface area contributed by atoms with Crippen molar-refractivity contribution in [3.05, 3.63) is 0 Å². The molecule has 0 bridgehead atoms. The van der Waals surface area contributed by atoms with Crippen molar-refractivity contribution >= 4 is 0 Å². The lowest BCUT2D eigenvalue weighted by atomic mass is 10.0. The third kappa shape index (κ3) is 13.9. The molecule has 0 radical (unpaired) electrons. The van der Waals surface area contributed by atoms with Crippen LogP contribution in [-0.2, 0) is 4.74 Å². The Hall–Kier alpha value is -0.0800. The number of methoxy groups -OCH3 is 1. The van der Waals surface area contributed by atoms with E-state index in [0.29, 0.717) is 6.04 Å². The summed E-state index contributed by atoms with van der Waals surface area (Å²) in [6.07, 6.45) is 14.5. The average Bonchev–Trinajstić information content (AvgIpc) is 2.33. The first kappa shape index (κ1) is 16.9. The van der Waals surface area contributed by atoms with Crippen LogP contribution in [0.4, 0.5) is 0 Å². The minimum Gasteiger partial charge on any atom is -0.385 e. The number of unbranched alkanes of at least 4 members (excludes halogenated alkanes) is 7. The lowest BCUT2D eigenvalue weighted by Crippen LogP contribution is -2.20. The van der Waals surface area contributed by atoms with Gasteiger partial charge in [-0.15, -0.1) is 0 Å². The zero-order valence-electron chi connectivity index (χ0n) is 12.0. The molecule has 104 valence electrons. The molecule has 0 saturated carbocycles. The van der Waals surface area contributed by atoms with Crippen LogP contribution in [0.15, 0.2) is 0 Å². The van der Waals surface area contributed by atoms with Gasteiger partial charge in [0, 0.05) is 19.8 Å². The van der Waals surface area contributed by atoms with Crippen LogP contribution in [-0.4, -0.2) is 19.8 Å². The molecule has 2 nitrogen and oxygen atoms in total. The third-order valence-electron chi connectivity index (χ3n) is 3.35. The summed E-state index contributed by atoms with van der Waals surface area (Å²) in [5.74, 6) is 0. The van der Waals surface area contributed by atoms with Crippen LogP contribution in [0.5, 0.6) is 0 Å². The molecule has 0 aromatic rings. The van der Waals surface area contributed by atoms with E-state index in [2.05, 4.69) is 6.92 Å². The molecule has 17 heavy (non-hydrogen) atoms. The highest BCUT2D eigenvalue weighted by atomic mass is 16.5. The Labute approximate surface area is 108 Å². The normalized spacial score (nSPS) is 12.9. The van der Waals surface area contributed by atoms with E-state index in [1.807, 2.05) is 0 Å². The molecule has 1 unspecified atom stereocenters. The first-order valence-electron chi connectivity index (χ1n) is 7.55. The minimum absolute atomic E-state index is 0.394. The molecule has 0 amide bonds. The van der Waals surface area contributed by atoms with Crippen LogP contribution >= 0.6 is 0 Å². The second-order valence-electron chi connectivity index (χ2n) is 5.16. The average molecular weight is 243 g/mol. The van der Waals surface area contributed by atoms with Gasteiger partial charge in [0.05, 0.1) is 0 Å². The summed E-state index contributed by atoms with van der Waals surface area (Å²) in [6, 6.07) is 0.394. The topological polar surface area (TPSA) is 35.2 Å². The van der Waals surface area contributed by atoms with Crippen molar-refractivity contribution in [1.29, 1.82) is 0 Å². The standard InChI is InChI=1S/C15H33NO/c1-3-4-5-6-7-8-9-10-12-15(16)13-11-14-17-2/h15H,3-14,16H2,1-2H3. The molecule has 0 aromatic carbocycles. The molecule has 0 aromatic heterocycles. The maximum absolute atomic E-state index is 6.04. The maximum Gasteiger partial charge on any atom is 0.0462 e. The zero-order chi connectivity index (χ0) is 12.8. The minimum atomic E-state index is 0.394. The van der Waals surface area contributed by atoms with E-state index in [9.17, 15) is 0 Å². The highest BCUT2D eigenvalue weighted by Crippen LogP contribution is 2.11. The van der Waals surface area contributed by atoms with Crippen molar-refractivity contribution in [3.8, 4) is 0 Å². The van der Waals surface area contributed by atoms with Gasteiger partial charge in [-0.25, -0.2) is 0 Å². The number of nitrogens with two attached hydrogens (primary N) is 1. The second-order valence-corrected chi connectivity index (χ2v) is 5.16. The summed E-state index contributed by atoms with van der Waals surface area (Å²) in [7, 11) is 1.75. The lowest BCUT2D eigenvalue weighted by Gasteiger charge is -2.10. The highest BCUT2D eigenvalue weighted by Gasteiger charge is 2.01. The molecule has 1 atom stereocenters. The predicted molar refractivity (Wildman–Crippen MR) is 76.3 cm³/mol. The molecular weight excluding hydrogens is 210 g/mol. The van der Waals surface area contributed by atoms with Crippen LogP contribution in [0.2, 0.25) is 0 Å². The van der Waals surface area contributed by atoms with Crippen LogP contribution < -0.4 is 5.73 Å². The van der Waals surface area contributed by atoms with E-state index in [1.165, 1.54) is 57.8 Å². The Bertz CT molecular complexity index is 139. The number of hydrogen-bond acceptors (Lipinski definition) is 2. The zero-order valence-corrected chi connectivity index (χ0v) is 12.0. The number of ether oxygens (including phenoxy) is 1.